The molecule has 0 radical (unpaired) electrons. The Labute approximate surface area is 153 Å². The Morgan fingerprint density at radius 1 is 1.32 bits per heavy atom. The molecule has 0 fully saturated rings. The number of carbonyl (C=O) groups is 1. The third-order valence-electron chi connectivity index (χ3n) is 3.80. The second-order valence-corrected chi connectivity index (χ2v) is 6.36. The van der Waals surface area contributed by atoms with Crippen LogP contribution in [0.3, 0.4) is 0 Å². The summed E-state index contributed by atoms with van der Waals surface area (Å²) >= 11 is 3.43. The number of hydrazone groups is 1. The molecule has 1 aliphatic rings. The summed E-state index contributed by atoms with van der Waals surface area (Å²) in [7, 11) is 0. The lowest BCUT2D eigenvalue weighted by atomic mass is 10.1. The molecule has 1 heterocycles. The molecule has 0 spiro atoms. The Balaban J connectivity index is 1.55. The van der Waals surface area contributed by atoms with Crippen molar-refractivity contribution in [3.8, 4) is 17.2 Å². The van der Waals surface area contributed by atoms with Gasteiger partial charge in [0.1, 0.15) is 5.75 Å². The molecule has 0 saturated carbocycles. The van der Waals surface area contributed by atoms with Crippen molar-refractivity contribution in [1.82, 2.24) is 5.43 Å². The van der Waals surface area contributed by atoms with Crippen LogP contribution in [0.25, 0.3) is 0 Å². The number of hydrogen-bond acceptors (Lipinski definition) is 5. The lowest BCUT2D eigenvalue weighted by Gasteiger charge is -2.09. The molecule has 25 heavy (non-hydrogen) atoms. The van der Waals surface area contributed by atoms with Gasteiger partial charge in [0.15, 0.2) is 18.1 Å². The van der Waals surface area contributed by atoms with Crippen molar-refractivity contribution in [2.45, 2.75) is 13.8 Å². The second kappa shape index (κ2) is 7.57. The quantitative estimate of drug-likeness (QED) is 0.612. The summed E-state index contributed by atoms with van der Waals surface area (Å²) in [6.45, 7) is 4.05. The van der Waals surface area contributed by atoms with Gasteiger partial charge in [-0.25, -0.2) is 5.43 Å². The maximum absolute atomic E-state index is 11.9. The lowest BCUT2D eigenvalue weighted by Crippen LogP contribution is -2.24. The van der Waals surface area contributed by atoms with E-state index >= 15 is 0 Å². The minimum atomic E-state index is -0.339. The summed E-state index contributed by atoms with van der Waals surface area (Å²) in [5.41, 5.74) is 5.34. The van der Waals surface area contributed by atoms with Crippen LogP contribution in [0.4, 0.5) is 0 Å². The van der Waals surface area contributed by atoms with Crippen LogP contribution >= 0.6 is 15.9 Å². The molecular weight excluding hydrogens is 388 g/mol. The van der Waals surface area contributed by atoms with Gasteiger partial charge >= 0.3 is 0 Å². The summed E-state index contributed by atoms with van der Waals surface area (Å²) < 4.78 is 16.9. The van der Waals surface area contributed by atoms with Crippen LogP contribution in [-0.2, 0) is 4.79 Å². The SMILES string of the molecule is Cc1cccc(OCC(=O)NN=Cc2cc3c(cc2Br)OCO3)c1C. The normalized spacial score (nSPS) is 12.4. The number of nitrogens with one attached hydrogen (secondary N) is 1. The van der Waals surface area contributed by atoms with Crippen LogP contribution in [0.5, 0.6) is 17.2 Å². The molecule has 0 unspecified atom stereocenters. The molecule has 0 bridgehead atoms. The first kappa shape index (κ1) is 17.3. The Morgan fingerprint density at radius 2 is 2.08 bits per heavy atom. The van der Waals surface area contributed by atoms with E-state index in [-0.39, 0.29) is 19.3 Å². The van der Waals surface area contributed by atoms with Gasteiger partial charge in [-0.2, -0.15) is 5.10 Å². The van der Waals surface area contributed by atoms with Crippen molar-refractivity contribution < 1.29 is 19.0 Å². The van der Waals surface area contributed by atoms with Crippen molar-refractivity contribution in [3.63, 3.8) is 0 Å². The molecule has 7 heteroatoms. The fourth-order valence-corrected chi connectivity index (χ4v) is 2.69. The van der Waals surface area contributed by atoms with Gasteiger partial charge in [-0.15, -0.1) is 0 Å². The number of nitrogens with zero attached hydrogens (tertiary/aromatic N) is 1. The van der Waals surface area contributed by atoms with Crippen LogP contribution in [0.2, 0.25) is 0 Å². The number of benzene rings is 2. The molecule has 1 amide bonds. The zero-order chi connectivity index (χ0) is 17.8. The highest BCUT2D eigenvalue weighted by atomic mass is 79.9. The zero-order valence-electron chi connectivity index (χ0n) is 13.8. The number of fused-ring (bicyclic) bond motifs is 1. The Morgan fingerprint density at radius 3 is 2.88 bits per heavy atom. The standard InChI is InChI=1S/C18H17BrN2O4/c1-11-4-3-5-15(12(11)2)23-9-18(22)21-20-8-13-6-16-17(7-14(13)19)25-10-24-16/h3-8H,9-10H2,1-2H3,(H,21,22). The van der Waals surface area contributed by atoms with Gasteiger partial charge in [0.25, 0.3) is 5.91 Å². The number of ether oxygens (including phenoxy) is 3. The summed E-state index contributed by atoms with van der Waals surface area (Å²) in [6.07, 6.45) is 1.53. The first-order chi connectivity index (χ1) is 12.0. The number of carbonyl (C=O) groups excluding carboxylic acids is 1. The summed E-state index contributed by atoms with van der Waals surface area (Å²) in [6, 6.07) is 9.31. The maximum Gasteiger partial charge on any atom is 0.277 e. The van der Waals surface area contributed by atoms with E-state index < -0.39 is 0 Å². The highest BCUT2D eigenvalue weighted by Crippen LogP contribution is 2.36. The van der Waals surface area contributed by atoms with E-state index in [9.17, 15) is 4.79 Å². The minimum absolute atomic E-state index is 0.107. The number of aryl methyl sites for hydroxylation is 1. The predicted octanol–water partition coefficient (Wildman–Crippen LogP) is 3.32. The van der Waals surface area contributed by atoms with E-state index in [1.807, 2.05) is 32.0 Å². The van der Waals surface area contributed by atoms with Crippen molar-refractivity contribution in [3.05, 3.63) is 51.5 Å². The maximum atomic E-state index is 11.9. The second-order valence-electron chi connectivity index (χ2n) is 5.51. The van der Waals surface area contributed by atoms with E-state index in [0.717, 1.165) is 21.2 Å². The average Bonchev–Trinajstić information content (AvgIpc) is 3.03. The first-order valence-electron chi connectivity index (χ1n) is 7.64. The van der Waals surface area contributed by atoms with Gasteiger partial charge in [-0.1, -0.05) is 12.1 Å². The van der Waals surface area contributed by atoms with Crippen molar-refractivity contribution in [2.24, 2.45) is 5.10 Å². The van der Waals surface area contributed by atoms with Gasteiger partial charge in [0.05, 0.1) is 6.21 Å². The Bertz CT molecular complexity index is 836. The summed E-state index contributed by atoms with van der Waals surface area (Å²) in [4.78, 5) is 11.9. The average molecular weight is 405 g/mol. The predicted molar refractivity (Wildman–Crippen MR) is 97.4 cm³/mol. The number of hydrogen-bond donors (Lipinski definition) is 1. The fraction of sp³-hybridized carbons (Fsp3) is 0.222. The summed E-state index contributed by atoms with van der Waals surface area (Å²) in [5.74, 6) is 1.68. The topological polar surface area (TPSA) is 69.2 Å². The van der Waals surface area contributed by atoms with Crippen molar-refractivity contribution in [2.75, 3.05) is 13.4 Å². The first-order valence-corrected chi connectivity index (χ1v) is 8.44. The number of amides is 1. The van der Waals surface area contributed by atoms with E-state index in [2.05, 4.69) is 26.5 Å². The van der Waals surface area contributed by atoms with E-state index in [0.29, 0.717) is 17.2 Å². The molecule has 0 atom stereocenters. The molecular formula is C18H17BrN2O4. The molecule has 2 aromatic rings. The van der Waals surface area contributed by atoms with Gasteiger partial charge in [0, 0.05) is 10.0 Å². The molecule has 2 aromatic carbocycles. The molecule has 0 aromatic heterocycles. The smallest absolute Gasteiger partial charge is 0.277 e. The van der Waals surface area contributed by atoms with Gasteiger partial charge in [-0.05, 0) is 59.1 Å². The van der Waals surface area contributed by atoms with Gasteiger partial charge in [-0.3, -0.25) is 4.79 Å². The van der Waals surface area contributed by atoms with Crippen LogP contribution in [-0.4, -0.2) is 25.5 Å². The van der Waals surface area contributed by atoms with Crippen LogP contribution < -0.4 is 19.6 Å². The van der Waals surface area contributed by atoms with Gasteiger partial charge in [0.2, 0.25) is 6.79 Å². The number of rotatable bonds is 5. The molecule has 6 nitrogen and oxygen atoms in total. The van der Waals surface area contributed by atoms with Crippen LogP contribution in [0.15, 0.2) is 39.9 Å². The van der Waals surface area contributed by atoms with Gasteiger partial charge < -0.3 is 14.2 Å². The van der Waals surface area contributed by atoms with E-state index in [1.165, 1.54) is 6.21 Å². The van der Waals surface area contributed by atoms with Crippen molar-refractivity contribution in [1.29, 1.82) is 0 Å². The van der Waals surface area contributed by atoms with Crippen molar-refractivity contribution >= 4 is 28.1 Å². The van der Waals surface area contributed by atoms with Crippen LogP contribution in [0.1, 0.15) is 16.7 Å². The molecule has 1 N–H and O–H groups in total. The minimum Gasteiger partial charge on any atom is -0.483 e. The fourth-order valence-electron chi connectivity index (χ4n) is 2.26. The molecule has 3 rings (SSSR count). The molecule has 0 saturated heterocycles. The third-order valence-corrected chi connectivity index (χ3v) is 4.49. The summed E-state index contributed by atoms with van der Waals surface area (Å²) in [5, 5.41) is 3.95. The Kier molecular flexibility index (Phi) is 5.23. The molecule has 130 valence electrons. The van der Waals surface area contributed by atoms with E-state index in [4.69, 9.17) is 14.2 Å². The third kappa shape index (κ3) is 4.11. The number of halogens is 1. The Hall–Kier alpha value is -2.54. The zero-order valence-corrected chi connectivity index (χ0v) is 15.4. The van der Waals surface area contributed by atoms with Crippen LogP contribution in [0, 0.1) is 13.8 Å². The largest absolute Gasteiger partial charge is 0.483 e. The molecule has 1 aliphatic heterocycles. The lowest BCUT2D eigenvalue weighted by molar-refractivity contribution is -0.123. The molecule has 0 aliphatic carbocycles. The van der Waals surface area contributed by atoms with E-state index in [1.54, 1.807) is 12.1 Å². The highest BCUT2D eigenvalue weighted by molar-refractivity contribution is 9.10. The monoisotopic (exact) mass is 404 g/mol. The highest BCUT2D eigenvalue weighted by Gasteiger charge is 2.15.